The molecule has 7 heteroatoms. The van der Waals surface area contributed by atoms with Crippen LogP contribution < -0.4 is 0 Å². The highest BCUT2D eigenvalue weighted by molar-refractivity contribution is 5.95. The Morgan fingerprint density at radius 3 is 2.95 bits per heavy atom. The zero-order chi connectivity index (χ0) is 15.5. The summed E-state index contributed by atoms with van der Waals surface area (Å²) in [5.41, 5.74) is 0.828. The highest BCUT2D eigenvalue weighted by Gasteiger charge is 2.33. The van der Waals surface area contributed by atoms with Crippen molar-refractivity contribution in [3.63, 3.8) is 0 Å². The van der Waals surface area contributed by atoms with Crippen LogP contribution in [0.2, 0.25) is 0 Å². The number of carbonyl (C=O) groups excluding carboxylic acids is 1. The first-order chi connectivity index (χ1) is 10.7. The lowest BCUT2D eigenvalue weighted by Gasteiger charge is -2.32. The van der Waals surface area contributed by atoms with E-state index in [4.69, 9.17) is 4.52 Å². The Bertz CT molecular complexity index is 683. The number of hydrogen-bond acceptors (Lipinski definition) is 5. The molecule has 1 aliphatic rings. The van der Waals surface area contributed by atoms with E-state index in [2.05, 4.69) is 10.1 Å². The van der Waals surface area contributed by atoms with Crippen LogP contribution in [0.25, 0.3) is 11.3 Å². The molecular weight excluding hydrogens is 286 g/mol. The number of nitrogens with zero attached hydrogens (tertiary/aromatic N) is 3. The van der Waals surface area contributed by atoms with Gasteiger partial charge in [-0.25, -0.2) is 4.79 Å². The fourth-order valence-electron chi connectivity index (χ4n) is 2.60. The summed E-state index contributed by atoms with van der Waals surface area (Å²) in [6.45, 7) is 0.422. The fourth-order valence-corrected chi connectivity index (χ4v) is 2.60. The van der Waals surface area contributed by atoms with Crippen molar-refractivity contribution >= 4 is 11.9 Å². The summed E-state index contributed by atoms with van der Waals surface area (Å²) < 4.78 is 5.17. The van der Waals surface area contributed by atoms with Gasteiger partial charge in [0.15, 0.2) is 11.5 Å². The van der Waals surface area contributed by atoms with Crippen molar-refractivity contribution in [3.8, 4) is 11.3 Å². The van der Waals surface area contributed by atoms with E-state index in [0.717, 1.165) is 12.8 Å². The van der Waals surface area contributed by atoms with Crippen molar-refractivity contribution in [1.29, 1.82) is 0 Å². The van der Waals surface area contributed by atoms with E-state index >= 15 is 0 Å². The first-order valence-electron chi connectivity index (χ1n) is 7.07. The zero-order valence-corrected chi connectivity index (χ0v) is 11.8. The molecular formula is C15H15N3O4. The minimum atomic E-state index is -0.982. The molecule has 2 aromatic heterocycles. The number of aromatic nitrogens is 2. The predicted octanol–water partition coefficient (Wildman–Crippen LogP) is 1.82. The van der Waals surface area contributed by atoms with Crippen molar-refractivity contribution in [2.24, 2.45) is 0 Å². The Morgan fingerprint density at radius 1 is 1.36 bits per heavy atom. The van der Waals surface area contributed by atoms with Crippen molar-refractivity contribution in [2.75, 3.05) is 6.54 Å². The molecule has 1 amide bonds. The maximum atomic E-state index is 12.5. The van der Waals surface area contributed by atoms with Crippen LogP contribution in [0, 0.1) is 0 Å². The largest absolute Gasteiger partial charge is 0.480 e. The molecule has 0 aromatic carbocycles. The van der Waals surface area contributed by atoms with E-state index < -0.39 is 17.9 Å². The fraction of sp³-hybridized carbons (Fsp3) is 0.333. The van der Waals surface area contributed by atoms with Crippen molar-refractivity contribution in [2.45, 2.75) is 25.3 Å². The normalized spacial score (nSPS) is 18.2. The molecule has 0 saturated carbocycles. The number of aliphatic carboxylic acids is 1. The first-order valence-corrected chi connectivity index (χ1v) is 7.07. The molecule has 0 radical (unpaired) electrons. The Labute approximate surface area is 126 Å². The van der Waals surface area contributed by atoms with Crippen LogP contribution in [0.15, 0.2) is 35.1 Å². The third kappa shape index (κ3) is 2.69. The molecule has 0 unspecified atom stereocenters. The van der Waals surface area contributed by atoms with Gasteiger partial charge in [0.05, 0.1) is 0 Å². The van der Waals surface area contributed by atoms with Gasteiger partial charge in [0.2, 0.25) is 0 Å². The summed E-state index contributed by atoms with van der Waals surface area (Å²) in [5, 5.41) is 13.0. The monoisotopic (exact) mass is 301 g/mol. The van der Waals surface area contributed by atoms with Gasteiger partial charge in [0, 0.05) is 30.6 Å². The van der Waals surface area contributed by atoms with Crippen molar-refractivity contribution < 1.29 is 19.2 Å². The van der Waals surface area contributed by atoms with E-state index in [-0.39, 0.29) is 5.69 Å². The summed E-state index contributed by atoms with van der Waals surface area (Å²) in [7, 11) is 0. The van der Waals surface area contributed by atoms with Crippen LogP contribution in [0.3, 0.4) is 0 Å². The summed E-state index contributed by atoms with van der Waals surface area (Å²) in [6.07, 6.45) is 5.31. The van der Waals surface area contributed by atoms with E-state index in [0.29, 0.717) is 24.3 Å². The van der Waals surface area contributed by atoms with Gasteiger partial charge < -0.3 is 14.5 Å². The van der Waals surface area contributed by atoms with Gasteiger partial charge in [-0.3, -0.25) is 9.78 Å². The molecule has 2 aromatic rings. The third-order valence-corrected chi connectivity index (χ3v) is 3.72. The van der Waals surface area contributed by atoms with Gasteiger partial charge in [-0.15, -0.1) is 0 Å². The molecule has 7 nitrogen and oxygen atoms in total. The second-order valence-corrected chi connectivity index (χ2v) is 5.17. The van der Waals surface area contributed by atoms with Gasteiger partial charge in [0.1, 0.15) is 6.04 Å². The Morgan fingerprint density at radius 2 is 2.23 bits per heavy atom. The second-order valence-electron chi connectivity index (χ2n) is 5.17. The standard InChI is InChI=1S/C15H15N3O4/c19-14(18-7-2-1-5-12(18)15(20)21)11-8-13(22-17-11)10-4-3-6-16-9-10/h3-4,6,8-9,12H,1-2,5,7H2,(H,20,21)/t12-/m1/s1. The number of rotatable bonds is 3. The average Bonchev–Trinajstić information content (AvgIpc) is 3.05. The highest BCUT2D eigenvalue weighted by atomic mass is 16.5. The van der Waals surface area contributed by atoms with E-state index in [1.54, 1.807) is 24.5 Å². The number of piperidine rings is 1. The molecule has 1 saturated heterocycles. The molecule has 22 heavy (non-hydrogen) atoms. The lowest BCUT2D eigenvalue weighted by Crippen LogP contribution is -2.48. The summed E-state index contributed by atoms with van der Waals surface area (Å²) >= 11 is 0. The number of amides is 1. The molecule has 1 fully saturated rings. The highest BCUT2D eigenvalue weighted by Crippen LogP contribution is 2.23. The Balaban J connectivity index is 1.83. The molecule has 3 rings (SSSR count). The Kier molecular flexibility index (Phi) is 3.86. The van der Waals surface area contributed by atoms with Crippen LogP contribution in [0.4, 0.5) is 0 Å². The Hall–Kier alpha value is -2.70. The molecule has 114 valence electrons. The molecule has 0 aliphatic carbocycles. The number of carbonyl (C=O) groups is 2. The first kappa shape index (κ1) is 14.2. The lowest BCUT2D eigenvalue weighted by atomic mass is 10.0. The number of likely N-dealkylation sites (tertiary alicyclic amines) is 1. The number of carboxylic acids is 1. The summed E-state index contributed by atoms with van der Waals surface area (Å²) in [4.78, 5) is 29.1. The molecule has 3 heterocycles. The average molecular weight is 301 g/mol. The number of pyridine rings is 1. The van der Waals surface area contributed by atoms with Crippen molar-refractivity contribution in [3.05, 3.63) is 36.3 Å². The second kappa shape index (κ2) is 5.97. The molecule has 1 atom stereocenters. The maximum absolute atomic E-state index is 12.5. The summed E-state index contributed by atoms with van der Waals surface area (Å²) in [6, 6.07) is 4.28. The summed E-state index contributed by atoms with van der Waals surface area (Å²) in [5.74, 6) is -0.963. The van der Waals surface area contributed by atoms with Gasteiger partial charge in [-0.1, -0.05) is 5.16 Å². The predicted molar refractivity (Wildman–Crippen MR) is 76.0 cm³/mol. The molecule has 1 N–H and O–H groups in total. The van der Waals surface area contributed by atoms with Crippen LogP contribution in [0.1, 0.15) is 29.8 Å². The minimum absolute atomic E-state index is 0.118. The van der Waals surface area contributed by atoms with E-state index in [1.165, 1.54) is 11.0 Å². The van der Waals surface area contributed by atoms with Gasteiger partial charge in [-0.2, -0.15) is 0 Å². The molecule has 0 spiro atoms. The van der Waals surface area contributed by atoms with E-state index in [1.807, 2.05) is 0 Å². The number of hydrogen-bond donors (Lipinski definition) is 1. The zero-order valence-electron chi connectivity index (χ0n) is 11.8. The molecule has 1 aliphatic heterocycles. The van der Waals surface area contributed by atoms with Crippen LogP contribution in [0.5, 0.6) is 0 Å². The topological polar surface area (TPSA) is 96.5 Å². The smallest absolute Gasteiger partial charge is 0.326 e. The van der Waals surface area contributed by atoms with Crippen molar-refractivity contribution in [1.82, 2.24) is 15.0 Å². The van der Waals surface area contributed by atoms with Crippen LogP contribution >= 0.6 is 0 Å². The molecule has 0 bridgehead atoms. The third-order valence-electron chi connectivity index (χ3n) is 3.72. The van der Waals surface area contributed by atoms with E-state index in [9.17, 15) is 14.7 Å². The SMILES string of the molecule is O=C(O)[C@H]1CCCCN1C(=O)c1cc(-c2cccnc2)on1. The van der Waals surface area contributed by atoms with Gasteiger partial charge in [0.25, 0.3) is 5.91 Å². The van der Waals surface area contributed by atoms with Crippen LogP contribution in [-0.2, 0) is 4.79 Å². The van der Waals surface area contributed by atoms with Gasteiger partial charge in [-0.05, 0) is 31.4 Å². The van der Waals surface area contributed by atoms with Crippen LogP contribution in [-0.4, -0.2) is 44.6 Å². The minimum Gasteiger partial charge on any atom is -0.480 e. The quantitative estimate of drug-likeness (QED) is 0.928. The van der Waals surface area contributed by atoms with Gasteiger partial charge >= 0.3 is 5.97 Å². The lowest BCUT2D eigenvalue weighted by molar-refractivity contribution is -0.143. The number of carboxylic acid groups (broad SMARTS) is 1. The maximum Gasteiger partial charge on any atom is 0.326 e.